The number of hydrogen-bond donors (Lipinski definition) is 4. The van der Waals surface area contributed by atoms with Gasteiger partial charge in [0.25, 0.3) is 0 Å². The molecule has 0 amide bonds. The molecule has 0 aliphatic carbocycles. The van der Waals surface area contributed by atoms with Crippen LogP contribution in [0.5, 0.6) is 11.5 Å². The maximum atomic E-state index is 9.78. The van der Waals surface area contributed by atoms with Gasteiger partial charge in [0.2, 0.25) is 5.96 Å². The fourth-order valence-electron chi connectivity index (χ4n) is 1.84. The van der Waals surface area contributed by atoms with Gasteiger partial charge in [-0.2, -0.15) is 0 Å². The van der Waals surface area contributed by atoms with Crippen LogP contribution in [-0.4, -0.2) is 21.9 Å². The SMILES string of the molecule is NC(N)=NN=C(/C=C\c1ccccc1O)/C=C\c1ccccc1O. The summed E-state index contributed by atoms with van der Waals surface area (Å²) in [7, 11) is 0. The van der Waals surface area contributed by atoms with Crippen LogP contribution < -0.4 is 11.5 Å². The van der Waals surface area contributed by atoms with Gasteiger partial charge in [-0.15, -0.1) is 10.2 Å². The summed E-state index contributed by atoms with van der Waals surface area (Å²) < 4.78 is 0. The molecule has 0 aliphatic rings. The Kier molecular flexibility index (Phi) is 5.74. The lowest BCUT2D eigenvalue weighted by molar-refractivity contribution is 0.473. The molecule has 0 heterocycles. The van der Waals surface area contributed by atoms with Crippen molar-refractivity contribution in [1.29, 1.82) is 0 Å². The van der Waals surface area contributed by atoms with Crippen LogP contribution >= 0.6 is 0 Å². The van der Waals surface area contributed by atoms with Crippen molar-refractivity contribution in [3.05, 3.63) is 71.8 Å². The van der Waals surface area contributed by atoms with Crippen LogP contribution in [0, 0.1) is 0 Å². The first-order chi connectivity index (χ1) is 11.6. The van der Waals surface area contributed by atoms with Crippen molar-refractivity contribution in [3.8, 4) is 11.5 Å². The van der Waals surface area contributed by atoms with E-state index >= 15 is 0 Å². The minimum Gasteiger partial charge on any atom is -0.507 e. The molecule has 24 heavy (non-hydrogen) atoms. The molecule has 0 saturated heterocycles. The van der Waals surface area contributed by atoms with Crippen LogP contribution in [0.2, 0.25) is 0 Å². The van der Waals surface area contributed by atoms with Crippen molar-refractivity contribution in [2.45, 2.75) is 0 Å². The van der Waals surface area contributed by atoms with Crippen LogP contribution in [0.25, 0.3) is 12.2 Å². The van der Waals surface area contributed by atoms with E-state index < -0.39 is 0 Å². The molecule has 0 bridgehead atoms. The van der Waals surface area contributed by atoms with Gasteiger partial charge in [-0.05, 0) is 36.4 Å². The molecule has 0 aromatic heterocycles. The lowest BCUT2D eigenvalue weighted by atomic mass is 10.1. The van der Waals surface area contributed by atoms with Gasteiger partial charge in [-0.25, -0.2) is 0 Å². The lowest BCUT2D eigenvalue weighted by Crippen LogP contribution is -2.22. The molecule has 2 aromatic rings. The van der Waals surface area contributed by atoms with E-state index in [1.807, 2.05) is 12.1 Å². The summed E-state index contributed by atoms with van der Waals surface area (Å²) in [5.74, 6) is 0.138. The summed E-state index contributed by atoms with van der Waals surface area (Å²) in [4.78, 5) is 0. The predicted molar refractivity (Wildman–Crippen MR) is 97.5 cm³/mol. The summed E-state index contributed by atoms with van der Waals surface area (Å²) in [5, 5.41) is 27.1. The first-order valence-electron chi connectivity index (χ1n) is 7.15. The summed E-state index contributed by atoms with van der Waals surface area (Å²) in [5.41, 5.74) is 12.3. The first kappa shape index (κ1) is 16.8. The maximum Gasteiger partial charge on any atom is 0.211 e. The van der Waals surface area contributed by atoms with Crippen LogP contribution in [0.3, 0.4) is 0 Å². The first-order valence-corrected chi connectivity index (χ1v) is 7.15. The average molecular weight is 322 g/mol. The third-order valence-corrected chi connectivity index (χ3v) is 3.02. The Morgan fingerprint density at radius 2 is 1.21 bits per heavy atom. The molecule has 122 valence electrons. The average Bonchev–Trinajstić information content (AvgIpc) is 2.56. The van der Waals surface area contributed by atoms with Gasteiger partial charge >= 0.3 is 0 Å². The highest BCUT2D eigenvalue weighted by Crippen LogP contribution is 2.18. The van der Waals surface area contributed by atoms with Crippen molar-refractivity contribution in [3.63, 3.8) is 0 Å². The second-order valence-electron chi connectivity index (χ2n) is 4.83. The fourth-order valence-corrected chi connectivity index (χ4v) is 1.84. The normalized spacial score (nSPS) is 10.8. The molecule has 0 spiro atoms. The highest BCUT2D eigenvalue weighted by Gasteiger charge is 1.97. The quantitative estimate of drug-likeness (QED) is 0.384. The van der Waals surface area contributed by atoms with E-state index in [1.54, 1.807) is 60.7 Å². The Bertz CT molecular complexity index is 762. The van der Waals surface area contributed by atoms with Crippen LogP contribution in [0.15, 0.2) is 70.9 Å². The van der Waals surface area contributed by atoms with Crippen molar-refractivity contribution >= 4 is 23.8 Å². The molecule has 0 unspecified atom stereocenters. The smallest absolute Gasteiger partial charge is 0.211 e. The van der Waals surface area contributed by atoms with Crippen LogP contribution in [-0.2, 0) is 0 Å². The van der Waals surface area contributed by atoms with Crippen LogP contribution in [0.4, 0.5) is 0 Å². The van der Waals surface area contributed by atoms with E-state index in [2.05, 4.69) is 10.2 Å². The summed E-state index contributed by atoms with van der Waals surface area (Å²) in [6, 6.07) is 13.8. The van der Waals surface area contributed by atoms with E-state index in [-0.39, 0.29) is 17.5 Å². The Labute approximate surface area is 139 Å². The zero-order chi connectivity index (χ0) is 17.4. The van der Waals surface area contributed by atoms with Gasteiger partial charge in [0.1, 0.15) is 11.5 Å². The Morgan fingerprint density at radius 3 is 1.62 bits per heavy atom. The number of allylic oxidation sites excluding steroid dienone is 2. The number of nitrogens with two attached hydrogens (primary N) is 2. The van der Waals surface area contributed by atoms with Gasteiger partial charge in [0, 0.05) is 11.1 Å². The Morgan fingerprint density at radius 1 is 0.750 bits per heavy atom. The summed E-state index contributed by atoms with van der Waals surface area (Å²) >= 11 is 0. The number of phenolic OH excluding ortho intramolecular Hbond substituents is 2. The van der Waals surface area contributed by atoms with Gasteiger partial charge in [-0.3, -0.25) is 0 Å². The van der Waals surface area contributed by atoms with Crippen molar-refractivity contribution in [1.82, 2.24) is 0 Å². The van der Waals surface area contributed by atoms with Crippen LogP contribution in [0.1, 0.15) is 11.1 Å². The largest absolute Gasteiger partial charge is 0.507 e. The minimum absolute atomic E-state index is 0.152. The number of nitrogens with zero attached hydrogens (tertiary/aromatic N) is 2. The monoisotopic (exact) mass is 322 g/mol. The molecule has 0 fully saturated rings. The number of phenols is 2. The highest BCUT2D eigenvalue weighted by atomic mass is 16.3. The number of aromatic hydroxyl groups is 2. The van der Waals surface area contributed by atoms with E-state index in [9.17, 15) is 10.2 Å². The molecule has 0 aliphatic heterocycles. The molecule has 6 N–H and O–H groups in total. The van der Waals surface area contributed by atoms with Gasteiger partial charge in [-0.1, -0.05) is 36.4 Å². The predicted octanol–water partition coefficient (Wildman–Crippen LogP) is 2.45. The van der Waals surface area contributed by atoms with E-state index in [0.29, 0.717) is 16.8 Å². The van der Waals surface area contributed by atoms with E-state index in [1.165, 1.54) is 0 Å². The maximum absolute atomic E-state index is 9.78. The number of benzene rings is 2. The number of hydrogen-bond acceptors (Lipinski definition) is 4. The summed E-state index contributed by atoms with van der Waals surface area (Å²) in [6.07, 6.45) is 6.67. The van der Waals surface area contributed by atoms with E-state index in [4.69, 9.17) is 11.5 Å². The Balaban J connectivity index is 2.29. The molecule has 0 saturated carbocycles. The van der Waals surface area contributed by atoms with Gasteiger partial charge in [0.05, 0.1) is 5.71 Å². The topological polar surface area (TPSA) is 117 Å². The third kappa shape index (κ3) is 5.03. The number of guanidine groups is 1. The third-order valence-electron chi connectivity index (χ3n) is 3.02. The second kappa shape index (κ2) is 8.19. The van der Waals surface area contributed by atoms with Crippen molar-refractivity contribution in [2.24, 2.45) is 21.7 Å². The Hall–Kier alpha value is -3.54. The second-order valence-corrected chi connectivity index (χ2v) is 4.83. The molecule has 6 nitrogen and oxygen atoms in total. The van der Waals surface area contributed by atoms with Gasteiger partial charge in [0.15, 0.2) is 0 Å². The molecular weight excluding hydrogens is 304 g/mol. The lowest BCUT2D eigenvalue weighted by Gasteiger charge is -1.99. The molecular formula is C18H18N4O2. The highest BCUT2D eigenvalue weighted by molar-refractivity contribution is 6.09. The standard InChI is InChI=1S/C18H18N4O2/c19-18(20)22-21-15(11-9-13-5-1-3-7-16(13)23)12-10-14-6-2-4-8-17(14)24/h1-12,23-24H,(H4,19,20,22)/b11-9-,12-10-. The molecule has 0 atom stereocenters. The minimum atomic E-state index is -0.167. The number of para-hydroxylation sites is 2. The number of rotatable bonds is 5. The molecule has 2 aromatic carbocycles. The van der Waals surface area contributed by atoms with E-state index in [0.717, 1.165) is 0 Å². The summed E-state index contributed by atoms with van der Waals surface area (Å²) in [6.45, 7) is 0. The molecule has 0 radical (unpaired) electrons. The molecule has 2 rings (SSSR count). The molecule has 6 heteroatoms. The zero-order valence-corrected chi connectivity index (χ0v) is 12.9. The fraction of sp³-hybridized carbons (Fsp3) is 0. The van der Waals surface area contributed by atoms with Crippen molar-refractivity contribution < 1.29 is 10.2 Å². The van der Waals surface area contributed by atoms with Crippen molar-refractivity contribution in [2.75, 3.05) is 0 Å². The zero-order valence-electron chi connectivity index (χ0n) is 12.9. The van der Waals surface area contributed by atoms with Gasteiger partial charge < -0.3 is 21.7 Å².